The van der Waals surface area contributed by atoms with Crippen molar-refractivity contribution >= 4 is 17.4 Å². The second-order valence-corrected chi connectivity index (χ2v) is 4.05. The van der Waals surface area contributed by atoms with E-state index in [9.17, 15) is 0 Å². The van der Waals surface area contributed by atoms with Gasteiger partial charge in [-0.15, -0.1) is 0 Å². The average molecular weight is 206 g/mol. The Morgan fingerprint density at radius 3 is 2.86 bits per heavy atom. The molecule has 0 saturated heterocycles. The highest BCUT2D eigenvalue weighted by Gasteiger charge is 1.97. The molecule has 0 aliphatic carbocycles. The number of thioether (sulfide) groups is 1. The van der Waals surface area contributed by atoms with Gasteiger partial charge in [-0.1, -0.05) is 0 Å². The van der Waals surface area contributed by atoms with Crippen molar-refractivity contribution in [2.24, 2.45) is 0 Å². The van der Waals surface area contributed by atoms with E-state index in [1.165, 1.54) is 0 Å². The molecule has 0 aliphatic rings. The first-order valence-corrected chi connectivity index (χ1v) is 5.91. The maximum Gasteiger partial charge on any atom is 0.0994 e. The van der Waals surface area contributed by atoms with Crippen molar-refractivity contribution in [2.75, 3.05) is 23.9 Å². The largest absolute Gasteiger partial charge is 0.384 e. The lowest BCUT2D eigenvalue weighted by Gasteiger charge is -2.06. The zero-order valence-corrected chi connectivity index (χ0v) is 9.32. The lowest BCUT2D eigenvalue weighted by molar-refractivity contribution is 1.22. The first kappa shape index (κ1) is 10.9. The van der Waals surface area contributed by atoms with Crippen LogP contribution in [-0.4, -0.2) is 18.6 Å². The van der Waals surface area contributed by atoms with Crippen LogP contribution in [0.15, 0.2) is 18.2 Å². The lowest BCUT2D eigenvalue weighted by Crippen LogP contribution is -2.03. The molecule has 74 valence electrons. The number of hydrogen-bond acceptors (Lipinski definition) is 3. The van der Waals surface area contributed by atoms with Crippen LogP contribution >= 0.6 is 11.8 Å². The predicted molar refractivity (Wildman–Crippen MR) is 62.8 cm³/mol. The van der Waals surface area contributed by atoms with Gasteiger partial charge in [0.2, 0.25) is 0 Å². The molecule has 0 bridgehead atoms. The van der Waals surface area contributed by atoms with Gasteiger partial charge in [0.15, 0.2) is 0 Å². The topological polar surface area (TPSA) is 35.8 Å². The Bertz CT molecular complexity index is 342. The summed E-state index contributed by atoms with van der Waals surface area (Å²) in [7, 11) is 0. The molecule has 0 aliphatic heterocycles. The first-order chi connectivity index (χ1) is 6.77. The molecule has 0 radical (unpaired) electrons. The highest BCUT2D eigenvalue weighted by Crippen LogP contribution is 2.14. The van der Waals surface area contributed by atoms with Crippen molar-refractivity contribution in [1.29, 1.82) is 5.26 Å². The number of rotatable bonds is 4. The second-order valence-electron chi connectivity index (χ2n) is 3.06. The molecular weight excluding hydrogens is 192 g/mol. The fourth-order valence-corrected chi connectivity index (χ4v) is 1.50. The molecule has 2 nitrogen and oxygen atoms in total. The maximum atomic E-state index is 8.75. The summed E-state index contributed by atoms with van der Waals surface area (Å²) in [6.45, 7) is 2.92. The van der Waals surface area contributed by atoms with Crippen LogP contribution in [0, 0.1) is 18.3 Å². The van der Waals surface area contributed by atoms with Gasteiger partial charge in [-0.25, -0.2) is 0 Å². The van der Waals surface area contributed by atoms with Crippen molar-refractivity contribution in [2.45, 2.75) is 6.92 Å². The summed E-state index contributed by atoms with van der Waals surface area (Å²) in [6, 6.07) is 7.98. The second kappa shape index (κ2) is 5.56. The molecule has 14 heavy (non-hydrogen) atoms. The zero-order valence-electron chi connectivity index (χ0n) is 8.50. The molecule has 0 saturated carbocycles. The van der Waals surface area contributed by atoms with Crippen molar-refractivity contribution in [3.05, 3.63) is 29.3 Å². The van der Waals surface area contributed by atoms with Crippen LogP contribution in [0.25, 0.3) is 0 Å². The van der Waals surface area contributed by atoms with E-state index in [0.717, 1.165) is 29.1 Å². The Morgan fingerprint density at radius 2 is 2.29 bits per heavy atom. The van der Waals surface area contributed by atoms with Gasteiger partial charge in [0, 0.05) is 18.0 Å². The van der Waals surface area contributed by atoms with Crippen LogP contribution in [-0.2, 0) is 0 Å². The van der Waals surface area contributed by atoms with Gasteiger partial charge < -0.3 is 5.32 Å². The quantitative estimate of drug-likeness (QED) is 0.769. The van der Waals surface area contributed by atoms with Gasteiger partial charge in [-0.2, -0.15) is 17.0 Å². The van der Waals surface area contributed by atoms with Gasteiger partial charge in [0.25, 0.3) is 0 Å². The van der Waals surface area contributed by atoms with Gasteiger partial charge in [0.1, 0.15) is 0 Å². The van der Waals surface area contributed by atoms with E-state index in [-0.39, 0.29) is 0 Å². The fraction of sp³-hybridized carbons (Fsp3) is 0.364. The monoisotopic (exact) mass is 206 g/mol. The average Bonchev–Trinajstić information content (AvgIpc) is 2.18. The molecular formula is C11H14N2S. The summed E-state index contributed by atoms with van der Waals surface area (Å²) >= 11 is 1.82. The molecule has 0 amide bonds. The number of nitrogens with zero attached hydrogens (tertiary/aromatic N) is 1. The number of benzene rings is 1. The molecule has 1 aromatic rings. The van der Waals surface area contributed by atoms with Crippen LogP contribution in [0.5, 0.6) is 0 Å². The standard InChI is InChI=1S/C11H14N2S/c1-9-7-11(13-5-6-14-2)4-3-10(9)8-12/h3-4,7,13H,5-6H2,1-2H3. The van der Waals surface area contributed by atoms with Crippen LogP contribution in [0.3, 0.4) is 0 Å². The maximum absolute atomic E-state index is 8.75. The SMILES string of the molecule is CSCCNc1ccc(C#N)c(C)c1. The molecule has 1 aromatic carbocycles. The van der Waals surface area contributed by atoms with Crippen molar-refractivity contribution in [3.63, 3.8) is 0 Å². The van der Waals surface area contributed by atoms with Crippen LogP contribution in [0.2, 0.25) is 0 Å². The number of nitriles is 1. The number of aryl methyl sites for hydroxylation is 1. The Morgan fingerprint density at radius 1 is 1.50 bits per heavy atom. The minimum atomic E-state index is 0.750. The van der Waals surface area contributed by atoms with Crippen molar-refractivity contribution in [3.8, 4) is 6.07 Å². The molecule has 0 spiro atoms. The van der Waals surface area contributed by atoms with E-state index >= 15 is 0 Å². The molecule has 0 fully saturated rings. The third-order valence-electron chi connectivity index (χ3n) is 1.98. The molecule has 1 rings (SSSR count). The van der Waals surface area contributed by atoms with Gasteiger partial charge in [0.05, 0.1) is 11.6 Å². The molecule has 1 N–H and O–H groups in total. The lowest BCUT2D eigenvalue weighted by atomic mass is 10.1. The molecule has 0 heterocycles. The molecule has 0 atom stereocenters. The van der Waals surface area contributed by atoms with Crippen LogP contribution < -0.4 is 5.32 Å². The Labute approximate surface area is 89.3 Å². The van der Waals surface area contributed by atoms with Gasteiger partial charge >= 0.3 is 0 Å². The predicted octanol–water partition coefficient (Wildman–Crippen LogP) is 2.64. The minimum absolute atomic E-state index is 0.750. The Hall–Kier alpha value is -1.14. The minimum Gasteiger partial charge on any atom is -0.384 e. The van der Waals surface area contributed by atoms with Crippen LogP contribution in [0.4, 0.5) is 5.69 Å². The van der Waals surface area contributed by atoms with E-state index in [0.29, 0.717) is 0 Å². The van der Waals surface area contributed by atoms with Crippen molar-refractivity contribution < 1.29 is 0 Å². The normalized spacial score (nSPS) is 9.50. The third-order valence-corrected chi connectivity index (χ3v) is 2.59. The van der Waals surface area contributed by atoms with Gasteiger partial charge in [-0.3, -0.25) is 0 Å². The summed E-state index contributed by atoms with van der Waals surface area (Å²) in [6.07, 6.45) is 2.09. The van der Waals surface area contributed by atoms with Crippen LogP contribution in [0.1, 0.15) is 11.1 Å². The Balaban J connectivity index is 2.63. The summed E-state index contributed by atoms with van der Waals surface area (Å²) in [5, 5.41) is 12.1. The zero-order chi connectivity index (χ0) is 10.4. The molecule has 3 heteroatoms. The summed E-state index contributed by atoms with van der Waals surface area (Å²) < 4.78 is 0. The smallest absolute Gasteiger partial charge is 0.0994 e. The Kier molecular flexibility index (Phi) is 4.34. The molecule has 0 unspecified atom stereocenters. The molecule has 0 aromatic heterocycles. The first-order valence-electron chi connectivity index (χ1n) is 4.51. The summed E-state index contributed by atoms with van der Waals surface area (Å²) in [5.41, 5.74) is 2.87. The van der Waals surface area contributed by atoms with E-state index < -0.39 is 0 Å². The van der Waals surface area contributed by atoms with E-state index in [1.807, 2.05) is 36.9 Å². The van der Waals surface area contributed by atoms with E-state index in [2.05, 4.69) is 17.6 Å². The van der Waals surface area contributed by atoms with E-state index in [1.54, 1.807) is 0 Å². The number of anilines is 1. The number of hydrogen-bond donors (Lipinski definition) is 1. The van der Waals surface area contributed by atoms with E-state index in [4.69, 9.17) is 5.26 Å². The highest BCUT2D eigenvalue weighted by atomic mass is 32.2. The summed E-state index contributed by atoms with van der Waals surface area (Å²) in [5.74, 6) is 1.10. The van der Waals surface area contributed by atoms with Crippen molar-refractivity contribution in [1.82, 2.24) is 0 Å². The fourth-order valence-electron chi connectivity index (χ4n) is 1.20. The highest BCUT2D eigenvalue weighted by molar-refractivity contribution is 7.98. The number of nitrogens with one attached hydrogen (secondary N) is 1. The van der Waals surface area contributed by atoms with Gasteiger partial charge in [-0.05, 0) is 36.9 Å². The third kappa shape index (κ3) is 2.97. The summed E-state index contributed by atoms with van der Waals surface area (Å²) in [4.78, 5) is 0.